The third-order valence-electron chi connectivity index (χ3n) is 19.4. The summed E-state index contributed by atoms with van der Waals surface area (Å²) in [6.07, 6.45) is 4.71. The summed E-state index contributed by atoms with van der Waals surface area (Å²) in [5.74, 6) is 0. The SMILES string of the molecule is Cc1cc2c3c(c1)N(c1cccc4c1-c1ccccc1C4(c1ccccc1)c1ccccc1)c1c(sc4ccc(C(C)(C)C)cc14)B3c1cc3c(cc1N2c1ccc2c(c1)C(C)(C)CCC2(C)C)C(C)(C)CCC3(C)C. The molecule has 0 spiro atoms. The summed E-state index contributed by atoms with van der Waals surface area (Å²) in [6, 6.07) is 64.6. The van der Waals surface area contributed by atoms with Crippen molar-refractivity contribution < 1.29 is 0 Å². The quantitative estimate of drug-likeness (QED) is 0.162. The molecule has 14 rings (SSSR count). The van der Waals surface area contributed by atoms with Crippen molar-refractivity contribution in [3.63, 3.8) is 0 Å². The zero-order valence-electron chi connectivity index (χ0n) is 46.8. The van der Waals surface area contributed by atoms with Gasteiger partial charge in [-0.15, -0.1) is 11.3 Å². The largest absolute Gasteiger partial charge is 0.311 e. The molecule has 0 N–H and O–H groups in total. The van der Waals surface area contributed by atoms with E-state index in [1.165, 1.54) is 152 Å². The van der Waals surface area contributed by atoms with Crippen molar-refractivity contribution in [1.29, 1.82) is 0 Å². The van der Waals surface area contributed by atoms with Gasteiger partial charge in [-0.25, -0.2) is 0 Å². The van der Waals surface area contributed by atoms with Gasteiger partial charge in [0.2, 0.25) is 0 Å². The molecule has 4 heteroatoms. The predicted octanol–water partition coefficient (Wildman–Crippen LogP) is 17.7. The molecule has 378 valence electrons. The van der Waals surface area contributed by atoms with Crippen molar-refractivity contribution >= 4 is 78.0 Å². The van der Waals surface area contributed by atoms with Crippen molar-refractivity contribution in [3.8, 4) is 11.1 Å². The van der Waals surface area contributed by atoms with E-state index in [0.29, 0.717) is 0 Å². The Kier molecular flexibility index (Phi) is 10.1. The number of hydrogen-bond acceptors (Lipinski definition) is 3. The highest BCUT2D eigenvalue weighted by Crippen LogP contribution is 2.61. The molecule has 0 radical (unpaired) electrons. The molecule has 1 aromatic heterocycles. The molecule has 3 aliphatic carbocycles. The van der Waals surface area contributed by atoms with Gasteiger partial charge in [-0.3, -0.25) is 0 Å². The second kappa shape index (κ2) is 16.0. The molecule has 0 fully saturated rings. The van der Waals surface area contributed by atoms with Crippen LogP contribution in [-0.2, 0) is 32.5 Å². The van der Waals surface area contributed by atoms with E-state index in [9.17, 15) is 0 Å². The first-order chi connectivity index (χ1) is 36.2. The topological polar surface area (TPSA) is 6.48 Å². The molecule has 0 saturated heterocycles. The maximum atomic E-state index is 2.76. The Bertz CT molecular complexity index is 3860. The van der Waals surface area contributed by atoms with Crippen LogP contribution < -0.4 is 25.5 Å². The first-order valence-electron chi connectivity index (χ1n) is 28.2. The highest BCUT2D eigenvalue weighted by atomic mass is 32.1. The first kappa shape index (κ1) is 47.8. The summed E-state index contributed by atoms with van der Waals surface area (Å²) < 4.78 is 2.77. The van der Waals surface area contributed by atoms with Gasteiger partial charge in [-0.1, -0.05) is 191 Å². The van der Waals surface area contributed by atoms with E-state index in [1.807, 2.05) is 11.3 Å². The van der Waals surface area contributed by atoms with Crippen LogP contribution in [0.25, 0.3) is 21.2 Å². The van der Waals surface area contributed by atoms with Crippen molar-refractivity contribution in [1.82, 2.24) is 0 Å². The summed E-state index contributed by atoms with van der Waals surface area (Å²) in [5.41, 5.74) is 26.7. The zero-order chi connectivity index (χ0) is 52.6. The van der Waals surface area contributed by atoms with Crippen molar-refractivity contribution in [2.24, 2.45) is 0 Å². The van der Waals surface area contributed by atoms with Gasteiger partial charge >= 0.3 is 0 Å². The van der Waals surface area contributed by atoms with Gasteiger partial charge < -0.3 is 9.80 Å². The molecule has 3 heterocycles. The number of aryl methyl sites for hydroxylation is 1. The van der Waals surface area contributed by atoms with E-state index in [0.717, 1.165) is 0 Å². The maximum absolute atomic E-state index is 2.76. The number of hydrogen-bond donors (Lipinski definition) is 0. The normalized spacial score (nSPS) is 18.5. The standard InChI is InChI=1S/C72H71BN2S/c1-44-38-60-64-61(39-44)75(58-29-21-28-53-63(58)49-26-19-20-27-51(49)72(53,45-22-15-13-16-23-45)46-24-17-14-18-25-46)65-50-40-47(67(2,3)4)30-33-62(50)76-66(65)73(64)57-42-55-56(71(11,12)37-36-70(55,9)10)43-59(57)74(60)48-31-32-52-54(41-48)69(7,8)35-34-68(52,5)6/h13-33,38-43H,34-37H2,1-12H3. The van der Waals surface area contributed by atoms with Crippen LogP contribution in [0.15, 0.2) is 164 Å². The van der Waals surface area contributed by atoms with Crippen LogP contribution in [0.1, 0.15) is 157 Å². The summed E-state index contributed by atoms with van der Waals surface area (Å²) in [6.45, 7) is 29.3. The Balaban J connectivity index is 1.12. The Labute approximate surface area is 456 Å². The molecular weight excluding hydrogens is 936 g/mol. The lowest BCUT2D eigenvalue weighted by atomic mass is 9.35. The van der Waals surface area contributed by atoms with E-state index in [1.54, 1.807) is 0 Å². The smallest absolute Gasteiger partial charge is 0.264 e. The molecule has 5 aliphatic rings. The highest BCUT2D eigenvalue weighted by molar-refractivity contribution is 7.33. The third-order valence-corrected chi connectivity index (χ3v) is 20.7. The first-order valence-corrected chi connectivity index (χ1v) is 29.0. The van der Waals surface area contributed by atoms with Gasteiger partial charge in [0.15, 0.2) is 0 Å². The lowest BCUT2D eigenvalue weighted by molar-refractivity contribution is 0.332. The minimum Gasteiger partial charge on any atom is -0.311 e. The second-order valence-corrected chi connectivity index (χ2v) is 28.1. The van der Waals surface area contributed by atoms with Gasteiger partial charge in [-0.2, -0.15) is 0 Å². The molecule has 0 atom stereocenters. The maximum Gasteiger partial charge on any atom is 0.264 e. The van der Waals surface area contributed by atoms with Crippen LogP contribution in [0.2, 0.25) is 0 Å². The van der Waals surface area contributed by atoms with E-state index in [4.69, 9.17) is 0 Å². The average Bonchev–Trinajstić information content (AvgIpc) is 3.94. The minimum absolute atomic E-state index is 0.0227. The molecular formula is C72H71BN2S. The molecule has 2 nitrogen and oxygen atoms in total. The number of anilines is 6. The molecule has 0 saturated carbocycles. The highest BCUT2D eigenvalue weighted by Gasteiger charge is 2.51. The van der Waals surface area contributed by atoms with E-state index < -0.39 is 5.41 Å². The molecule has 76 heavy (non-hydrogen) atoms. The molecule has 9 aromatic rings. The van der Waals surface area contributed by atoms with Crippen LogP contribution >= 0.6 is 11.3 Å². The van der Waals surface area contributed by atoms with Gasteiger partial charge in [0.05, 0.1) is 16.8 Å². The Morgan fingerprint density at radius 3 is 1.68 bits per heavy atom. The monoisotopic (exact) mass is 1010 g/mol. The fourth-order valence-electron chi connectivity index (χ4n) is 15.0. The number of rotatable bonds is 4. The van der Waals surface area contributed by atoms with Gasteiger partial charge in [0, 0.05) is 43.2 Å². The van der Waals surface area contributed by atoms with Gasteiger partial charge in [0.25, 0.3) is 6.71 Å². The van der Waals surface area contributed by atoms with E-state index >= 15 is 0 Å². The third kappa shape index (κ3) is 6.58. The van der Waals surface area contributed by atoms with Crippen LogP contribution in [0.5, 0.6) is 0 Å². The lowest BCUT2D eigenvalue weighted by Crippen LogP contribution is -2.61. The fourth-order valence-corrected chi connectivity index (χ4v) is 16.3. The Hall–Kier alpha value is -6.62. The molecule has 0 unspecified atom stereocenters. The summed E-state index contributed by atoms with van der Waals surface area (Å²) in [7, 11) is 0. The van der Waals surface area contributed by atoms with Gasteiger partial charge in [0.1, 0.15) is 0 Å². The Morgan fingerprint density at radius 2 is 1.04 bits per heavy atom. The molecule has 8 aromatic carbocycles. The summed E-state index contributed by atoms with van der Waals surface area (Å²) in [5, 5.41) is 1.34. The zero-order valence-corrected chi connectivity index (χ0v) is 47.6. The van der Waals surface area contributed by atoms with Gasteiger partial charge in [-0.05, 0) is 180 Å². The van der Waals surface area contributed by atoms with Crippen molar-refractivity contribution in [2.45, 2.75) is 141 Å². The van der Waals surface area contributed by atoms with Crippen molar-refractivity contribution in [3.05, 3.63) is 219 Å². The van der Waals surface area contributed by atoms with Crippen LogP contribution in [0.4, 0.5) is 34.1 Å². The summed E-state index contributed by atoms with van der Waals surface area (Å²) in [4.78, 5) is 5.49. The minimum atomic E-state index is -0.530. The number of benzene rings is 8. The van der Waals surface area contributed by atoms with E-state index in [-0.39, 0.29) is 33.8 Å². The van der Waals surface area contributed by atoms with Crippen LogP contribution in [0.3, 0.4) is 0 Å². The fraction of sp³-hybridized carbons (Fsp3) is 0.306. The van der Waals surface area contributed by atoms with E-state index in [2.05, 4.69) is 257 Å². The summed E-state index contributed by atoms with van der Waals surface area (Å²) >= 11 is 2.03. The number of thiophene rings is 1. The molecule has 0 bridgehead atoms. The second-order valence-electron chi connectivity index (χ2n) is 27.0. The molecule has 0 amide bonds. The van der Waals surface area contributed by atoms with Crippen molar-refractivity contribution in [2.75, 3.05) is 9.80 Å². The average molecular weight is 1010 g/mol. The Morgan fingerprint density at radius 1 is 0.474 bits per heavy atom. The number of nitrogens with zero attached hydrogens (tertiary/aromatic N) is 2. The van der Waals surface area contributed by atoms with Crippen LogP contribution in [-0.4, -0.2) is 6.71 Å². The predicted molar refractivity (Wildman–Crippen MR) is 327 cm³/mol. The number of fused-ring (bicyclic) bond motifs is 11. The lowest BCUT2D eigenvalue weighted by Gasteiger charge is -2.47. The molecule has 2 aliphatic heterocycles. The van der Waals surface area contributed by atoms with Crippen LogP contribution in [0, 0.1) is 6.92 Å².